The summed E-state index contributed by atoms with van der Waals surface area (Å²) < 4.78 is 10.9. The third kappa shape index (κ3) is 5.68. The minimum atomic E-state index is 0.167. The number of hydrogen-bond acceptors (Lipinski definition) is 5. The molecule has 32 heavy (non-hydrogen) atoms. The van der Waals surface area contributed by atoms with Crippen LogP contribution in [0.5, 0.6) is 5.75 Å². The Morgan fingerprint density at radius 2 is 1.91 bits per heavy atom. The molecule has 2 aliphatic heterocycles. The lowest BCUT2D eigenvalue weighted by atomic mass is 10.0. The van der Waals surface area contributed by atoms with Gasteiger partial charge in [0.2, 0.25) is 5.91 Å². The average Bonchev–Trinajstić information content (AvgIpc) is 2.84. The predicted molar refractivity (Wildman–Crippen MR) is 127 cm³/mol. The summed E-state index contributed by atoms with van der Waals surface area (Å²) in [5.74, 6) is 1.02. The molecular formula is C26H35N3O3. The Morgan fingerprint density at radius 1 is 1.12 bits per heavy atom. The van der Waals surface area contributed by atoms with E-state index in [9.17, 15) is 4.79 Å². The van der Waals surface area contributed by atoms with E-state index in [1.165, 1.54) is 11.1 Å². The minimum Gasteiger partial charge on any atom is -0.497 e. The Hall–Kier alpha value is -2.41. The molecule has 0 bridgehead atoms. The lowest BCUT2D eigenvalue weighted by Crippen LogP contribution is -2.49. The summed E-state index contributed by atoms with van der Waals surface area (Å²) in [5, 5.41) is 0. The molecule has 2 aromatic rings. The van der Waals surface area contributed by atoms with Crippen molar-refractivity contribution in [2.24, 2.45) is 0 Å². The van der Waals surface area contributed by atoms with Gasteiger partial charge in [0, 0.05) is 44.5 Å². The highest BCUT2D eigenvalue weighted by Crippen LogP contribution is 2.30. The fourth-order valence-corrected chi connectivity index (χ4v) is 4.68. The molecule has 2 aliphatic rings. The molecule has 2 heterocycles. The average molecular weight is 438 g/mol. The van der Waals surface area contributed by atoms with Gasteiger partial charge in [-0.3, -0.25) is 14.6 Å². The Labute approximate surface area is 191 Å². The maximum absolute atomic E-state index is 13.5. The van der Waals surface area contributed by atoms with E-state index < -0.39 is 0 Å². The molecule has 1 saturated heterocycles. The molecule has 0 aromatic heterocycles. The van der Waals surface area contributed by atoms with Crippen molar-refractivity contribution < 1.29 is 14.3 Å². The second kappa shape index (κ2) is 10.9. The highest BCUT2D eigenvalue weighted by molar-refractivity contribution is 5.96. The molecule has 172 valence electrons. The molecule has 0 radical (unpaired) electrons. The lowest BCUT2D eigenvalue weighted by molar-refractivity contribution is -0.120. The minimum absolute atomic E-state index is 0.167. The molecule has 0 spiro atoms. The van der Waals surface area contributed by atoms with Gasteiger partial charge in [-0.2, -0.15) is 0 Å². The van der Waals surface area contributed by atoms with E-state index in [4.69, 9.17) is 9.47 Å². The standard InChI is InChI=1S/C26H35N3O3/c1-21(18-27-13-15-32-16-14-27)28(19-22-7-4-3-5-8-22)20-26(30)29-12-6-9-23-17-24(31-2)10-11-25(23)29/h3-5,7-8,10-11,17,21H,6,9,12-16,18-20H2,1-2H3. The fraction of sp³-hybridized carbons (Fsp3) is 0.500. The van der Waals surface area contributed by atoms with Crippen molar-refractivity contribution in [1.82, 2.24) is 9.80 Å². The van der Waals surface area contributed by atoms with Crippen molar-refractivity contribution in [3.05, 3.63) is 59.7 Å². The molecular weight excluding hydrogens is 402 g/mol. The molecule has 1 fully saturated rings. The molecule has 1 unspecified atom stereocenters. The zero-order valence-electron chi connectivity index (χ0n) is 19.3. The molecule has 6 nitrogen and oxygen atoms in total. The number of amides is 1. The Kier molecular flexibility index (Phi) is 7.79. The smallest absolute Gasteiger partial charge is 0.241 e. The van der Waals surface area contributed by atoms with Gasteiger partial charge < -0.3 is 14.4 Å². The summed E-state index contributed by atoms with van der Waals surface area (Å²) >= 11 is 0. The predicted octanol–water partition coefficient (Wildman–Crippen LogP) is 3.20. The summed E-state index contributed by atoms with van der Waals surface area (Å²) in [6.45, 7) is 8.62. The van der Waals surface area contributed by atoms with Crippen LogP contribution in [0.2, 0.25) is 0 Å². The maximum atomic E-state index is 13.5. The maximum Gasteiger partial charge on any atom is 0.241 e. The number of carbonyl (C=O) groups is 1. The Morgan fingerprint density at radius 3 is 2.66 bits per heavy atom. The Balaban J connectivity index is 1.49. The van der Waals surface area contributed by atoms with Crippen LogP contribution in [0.3, 0.4) is 0 Å². The monoisotopic (exact) mass is 437 g/mol. The zero-order chi connectivity index (χ0) is 22.3. The quantitative estimate of drug-likeness (QED) is 0.635. The summed E-state index contributed by atoms with van der Waals surface area (Å²) in [6.07, 6.45) is 1.96. The van der Waals surface area contributed by atoms with E-state index in [0.29, 0.717) is 6.54 Å². The van der Waals surface area contributed by atoms with Crippen LogP contribution in [0.25, 0.3) is 0 Å². The molecule has 0 saturated carbocycles. The number of fused-ring (bicyclic) bond motifs is 1. The van der Waals surface area contributed by atoms with Crippen LogP contribution in [-0.4, -0.2) is 74.8 Å². The zero-order valence-corrected chi connectivity index (χ0v) is 19.3. The van der Waals surface area contributed by atoms with Gasteiger partial charge in [-0.25, -0.2) is 0 Å². The first-order chi connectivity index (χ1) is 15.6. The van der Waals surface area contributed by atoms with Crippen LogP contribution in [0.4, 0.5) is 5.69 Å². The third-order valence-corrected chi connectivity index (χ3v) is 6.52. The van der Waals surface area contributed by atoms with Crippen LogP contribution >= 0.6 is 0 Å². The van der Waals surface area contributed by atoms with Crippen molar-refractivity contribution in [2.75, 3.05) is 57.9 Å². The van der Waals surface area contributed by atoms with E-state index in [1.54, 1.807) is 7.11 Å². The number of benzene rings is 2. The number of anilines is 1. The van der Waals surface area contributed by atoms with Crippen molar-refractivity contribution in [1.29, 1.82) is 0 Å². The number of morpholine rings is 1. The summed E-state index contributed by atoms with van der Waals surface area (Å²) in [6, 6.07) is 16.8. The number of carbonyl (C=O) groups excluding carboxylic acids is 1. The van der Waals surface area contributed by atoms with Crippen molar-refractivity contribution in [2.45, 2.75) is 32.4 Å². The molecule has 1 atom stereocenters. The summed E-state index contributed by atoms with van der Waals surface area (Å²) in [4.78, 5) is 20.3. The molecule has 1 amide bonds. The second-order valence-electron chi connectivity index (χ2n) is 8.80. The van der Waals surface area contributed by atoms with E-state index in [2.05, 4.69) is 47.1 Å². The van der Waals surface area contributed by atoms with Crippen molar-refractivity contribution in [3.8, 4) is 5.75 Å². The highest BCUT2D eigenvalue weighted by atomic mass is 16.5. The molecule has 0 aliphatic carbocycles. The van der Waals surface area contributed by atoms with Crippen LogP contribution < -0.4 is 9.64 Å². The van der Waals surface area contributed by atoms with Gasteiger partial charge in [-0.1, -0.05) is 30.3 Å². The fourth-order valence-electron chi connectivity index (χ4n) is 4.68. The van der Waals surface area contributed by atoms with Crippen LogP contribution in [0.15, 0.2) is 48.5 Å². The molecule has 6 heteroatoms. The third-order valence-electron chi connectivity index (χ3n) is 6.52. The second-order valence-corrected chi connectivity index (χ2v) is 8.80. The van der Waals surface area contributed by atoms with Gasteiger partial charge in [0.05, 0.1) is 26.9 Å². The SMILES string of the molecule is COc1ccc2c(c1)CCCN2C(=O)CN(Cc1ccccc1)C(C)CN1CCOCC1. The normalized spacial score (nSPS) is 17.8. The number of aryl methyl sites for hydroxylation is 1. The Bertz CT molecular complexity index is 883. The van der Waals surface area contributed by atoms with E-state index >= 15 is 0 Å². The number of methoxy groups -OCH3 is 1. The first-order valence-corrected chi connectivity index (χ1v) is 11.7. The van der Waals surface area contributed by atoms with Gasteiger partial charge in [0.1, 0.15) is 5.75 Å². The first-order valence-electron chi connectivity index (χ1n) is 11.7. The molecule has 2 aromatic carbocycles. The van der Waals surface area contributed by atoms with Crippen LogP contribution in [0, 0.1) is 0 Å². The van der Waals surface area contributed by atoms with Gasteiger partial charge in [0.15, 0.2) is 0 Å². The largest absolute Gasteiger partial charge is 0.497 e. The van der Waals surface area contributed by atoms with Crippen LogP contribution in [-0.2, 0) is 22.5 Å². The number of ether oxygens (including phenoxy) is 2. The van der Waals surface area contributed by atoms with E-state index in [-0.39, 0.29) is 11.9 Å². The summed E-state index contributed by atoms with van der Waals surface area (Å²) in [5.41, 5.74) is 3.46. The van der Waals surface area contributed by atoms with Gasteiger partial charge >= 0.3 is 0 Å². The number of hydrogen-bond donors (Lipinski definition) is 0. The van der Waals surface area contributed by atoms with Gasteiger partial charge in [0.25, 0.3) is 0 Å². The van der Waals surface area contributed by atoms with Crippen molar-refractivity contribution in [3.63, 3.8) is 0 Å². The topological polar surface area (TPSA) is 45.2 Å². The summed E-state index contributed by atoms with van der Waals surface area (Å²) in [7, 11) is 1.69. The number of nitrogens with zero attached hydrogens (tertiary/aromatic N) is 3. The van der Waals surface area contributed by atoms with E-state index in [0.717, 1.165) is 70.2 Å². The number of rotatable bonds is 8. The first kappa shape index (κ1) is 22.8. The highest BCUT2D eigenvalue weighted by Gasteiger charge is 2.27. The van der Waals surface area contributed by atoms with E-state index in [1.807, 2.05) is 23.1 Å². The van der Waals surface area contributed by atoms with Gasteiger partial charge in [-0.05, 0) is 49.1 Å². The van der Waals surface area contributed by atoms with Crippen LogP contribution in [0.1, 0.15) is 24.5 Å². The van der Waals surface area contributed by atoms with Gasteiger partial charge in [-0.15, -0.1) is 0 Å². The molecule has 0 N–H and O–H groups in total. The molecule has 4 rings (SSSR count). The lowest BCUT2D eigenvalue weighted by Gasteiger charge is -2.37. The van der Waals surface area contributed by atoms with Crippen molar-refractivity contribution >= 4 is 11.6 Å².